The van der Waals surface area contributed by atoms with Gasteiger partial charge in [0.2, 0.25) is 0 Å². The van der Waals surface area contributed by atoms with Gasteiger partial charge in [0.15, 0.2) is 0 Å². The number of hydrogen-bond acceptors (Lipinski definition) is 4. The van der Waals surface area contributed by atoms with Crippen molar-refractivity contribution in [3.63, 3.8) is 0 Å². The van der Waals surface area contributed by atoms with Crippen LogP contribution in [-0.4, -0.2) is 35.9 Å². The van der Waals surface area contributed by atoms with Crippen LogP contribution >= 0.6 is 0 Å². The Balaban J connectivity index is 2.52. The third-order valence-electron chi connectivity index (χ3n) is 3.03. The van der Waals surface area contributed by atoms with Gasteiger partial charge in [-0.25, -0.2) is 4.79 Å². The molecule has 0 spiro atoms. The molecule has 1 aliphatic heterocycles. The molecular formula is C11H21NO3. The Morgan fingerprint density at radius 3 is 2.47 bits per heavy atom. The van der Waals surface area contributed by atoms with Crippen molar-refractivity contribution in [2.24, 2.45) is 5.92 Å². The molecule has 88 valence electrons. The van der Waals surface area contributed by atoms with Crippen LogP contribution in [0.3, 0.4) is 0 Å². The normalized spacial score (nSPS) is 21.1. The van der Waals surface area contributed by atoms with E-state index in [2.05, 4.69) is 5.32 Å². The molecule has 4 heteroatoms. The van der Waals surface area contributed by atoms with Crippen molar-refractivity contribution in [1.29, 1.82) is 0 Å². The van der Waals surface area contributed by atoms with Crippen LogP contribution in [0.5, 0.6) is 0 Å². The van der Waals surface area contributed by atoms with Crippen LogP contribution < -0.4 is 5.32 Å². The van der Waals surface area contributed by atoms with E-state index in [4.69, 9.17) is 9.84 Å². The zero-order chi connectivity index (χ0) is 11.5. The van der Waals surface area contributed by atoms with Crippen molar-refractivity contribution in [3.05, 3.63) is 0 Å². The molecule has 1 heterocycles. The maximum absolute atomic E-state index is 11.3. The molecule has 4 nitrogen and oxygen atoms in total. The molecule has 0 aromatic rings. The lowest BCUT2D eigenvalue weighted by molar-refractivity contribution is -0.171. The first kappa shape index (κ1) is 12.5. The first-order valence-corrected chi connectivity index (χ1v) is 5.55. The van der Waals surface area contributed by atoms with Crippen molar-refractivity contribution < 1.29 is 14.6 Å². The molecular weight excluding hydrogens is 194 g/mol. The quantitative estimate of drug-likeness (QED) is 0.680. The number of ether oxygens (including phenoxy) is 1. The van der Waals surface area contributed by atoms with Crippen LogP contribution in [0.15, 0.2) is 0 Å². The van der Waals surface area contributed by atoms with Gasteiger partial charge in [-0.15, -0.1) is 0 Å². The van der Waals surface area contributed by atoms with Gasteiger partial charge in [-0.05, 0) is 46.7 Å². The Morgan fingerprint density at radius 1 is 1.47 bits per heavy atom. The fourth-order valence-corrected chi connectivity index (χ4v) is 1.94. The second-order valence-electron chi connectivity index (χ2n) is 4.72. The van der Waals surface area contributed by atoms with Crippen LogP contribution in [-0.2, 0) is 9.53 Å². The molecule has 0 aromatic heterocycles. The number of nitrogens with one attached hydrogen (secondary N) is 1. The van der Waals surface area contributed by atoms with Crippen LogP contribution in [0.2, 0.25) is 0 Å². The summed E-state index contributed by atoms with van der Waals surface area (Å²) in [5.74, 6) is -0.153. The van der Waals surface area contributed by atoms with Crippen molar-refractivity contribution in [1.82, 2.24) is 5.32 Å². The topological polar surface area (TPSA) is 58.6 Å². The monoisotopic (exact) mass is 215 g/mol. The summed E-state index contributed by atoms with van der Waals surface area (Å²) in [5.41, 5.74) is -0.476. The average molecular weight is 215 g/mol. The van der Waals surface area contributed by atoms with E-state index in [1.807, 2.05) is 13.8 Å². The number of hydrogen-bond donors (Lipinski definition) is 2. The minimum absolute atomic E-state index is 0.376. The summed E-state index contributed by atoms with van der Waals surface area (Å²) in [6.07, 6.45) is 0.992. The molecule has 1 aliphatic rings. The van der Waals surface area contributed by atoms with Crippen molar-refractivity contribution in [2.75, 3.05) is 13.1 Å². The van der Waals surface area contributed by atoms with Gasteiger partial charge in [0, 0.05) is 5.92 Å². The van der Waals surface area contributed by atoms with E-state index in [0.717, 1.165) is 25.9 Å². The summed E-state index contributed by atoms with van der Waals surface area (Å²) < 4.78 is 5.32. The first-order valence-electron chi connectivity index (χ1n) is 5.55. The highest BCUT2D eigenvalue weighted by molar-refractivity contribution is 5.74. The number of esters is 1. The number of piperidine rings is 1. The maximum Gasteiger partial charge on any atom is 0.335 e. The fourth-order valence-electron chi connectivity index (χ4n) is 1.94. The standard InChI is InChI=1S/C11H21NO3/c1-8(13)10(14)15-11(2,3)9-4-6-12-7-5-9/h8-9,12-13H,4-7H2,1-3H3. The minimum atomic E-state index is -1.04. The summed E-state index contributed by atoms with van der Waals surface area (Å²) in [4.78, 5) is 11.3. The predicted octanol–water partition coefficient (Wildman–Crippen LogP) is 0.689. The lowest BCUT2D eigenvalue weighted by atomic mass is 9.83. The smallest absolute Gasteiger partial charge is 0.335 e. The molecule has 1 unspecified atom stereocenters. The molecule has 1 saturated heterocycles. The van der Waals surface area contributed by atoms with E-state index < -0.39 is 17.7 Å². The summed E-state index contributed by atoms with van der Waals surface area (Å²) in [6.45, 7) is 7.22. The Labute approximate surface area is 91.0 Å². The fraction of sp³-hybridized carbons (Fsp3) is 0.909. The van der Waals surface area contributed by atoms with E-state index >= 15 is 0 Å². The van der Waals surface area contributed by atoms with Gasteiger partial charge in [0.05, 0.1) is 0 Å². The number of carbonyl (C=O) groups excluding carboxylic acids is 1. The highest BCUT2D eigenvalue weighted by atomic mass is 16.6. The van der Waals surface area contributed by atoms with Crippen molar-refractivity contribution in [3.8, 4) is 0 Å². The molecule has 1 atom stereocenters. The van der Waals surface area contributed by atoms with Gasteiger partial charge in [-0.2, -0.15) is 0 Å². The van der Waals surface area contributed by atoms with Crippen molar-refractivity contribution in [2.45, 2.75) is 45.3 Å². The zero-order valence-electron chi connectivity index (χ0n) is 9.75. The van der Waals surface area contributed by atoms with E-state index in [1.54, 1.807) is 0 Å². The molecule has 1 rings (SSSR count). The van der Waals surface area contributed by atoms with Crippen LogP contribution in [0.1, 0.15) is 33.6 Å². The highest BCUT2D eigenvalue weighted by Gasteiger charge is 2.34. The number of aliphatic hydroxyl groups excluding tert-OH is 1. The van der Waals surface area contributed by atoms with Gasteiger partial charge < -0.3 is 15.2 Å². The van der Waals surface area contributed by atoms with E-state index in [-0.39, 0.29) is 0 Å². The molecule has 2 N–H and O–H groups in total. The lowest BCUT2D eigenvalue weighted by Crippen LogP contribution is -2.44. The Morgan fingerprint density at radius 2 is 2.00 bits per heavy atom. The molecule has 0 radical (unpaired) electrons. The zero-order valence-corrected chi connectivity index (χ0v) is 9.75. The number of rotatable bonds is 3. The summed E-state index contributed by atoms with van der Waals surface area (Å²) in [7, 11) is 0. The summed E-state index contributed by atoms with van der Waals surface area (Å²) >= 11 is 0. The van der Waals surface area contributed by atoms with Gasteiger partial charge in [0.25, 0.3) is 0 Å². The molecule has 1 fully saturated rings. The molecule has 0 bridgehead atoms. The summed E-state index contributed by atoms with van der Waals surface area (Å²) in [6, 6.07) is 0. The van der Waals surface area contributed by atoms with Gasteiger partial charge in [-0.3, -0.25) is 0 Å². The third kappa shape index (κ3) is 3.47. The predicted molar refractivity (Wildman–Crippen MR) is 57.4 cm³/mol. The Hall–Kier alpha value is -0.610. The second-order valence-corrected chi connectivity index (χ2v) is 4.72. The lowest BCUT2D eigenvalue weighted by Gasteiger charge is -2.37. The Kier molecular flexibility index (Phi) is 4.11. The van der Waals surface area contributed by atoms with E-state index in [0.29, 0.717) is 5.92 Å². The maximum atomic E-state index is 11.3. The molecule has 0 amide bonds. The molecule has 0 aromatic carbocycles. The number of carbonyl (C=O) groups is 1. The van der Waals surface area contributed by atoms with Crippen LogP contribution in [0, 0.1) is 5.92 Å². The second kappa shape index (κ2) is 4.94. The highest BCUT2D eigenvalue weighted by Crippen LogP contribution is 2.29. The average Bonchev–Trinajstić information content (AvgIpc) is 2.18. The van der Waals surface area contributed by atoms with E-state index in [1.165, 1.54) is 6.92 Å². The molecule has 15 heavy (non-hydrogen) atoms. The third-order valence-corrected chi connectivity index (χ3v) is 3.03. The summed E-state index contributed by atoms with van der Waals surface area (Å²) in [5, 5.41) is 12.4. The molecule has 0 aliphatic carbocycles. The largest absolute Gasteiger partial charge is 0.457 e. The van der Waals surface area contributed by atoms with Crippen LogP contribution in [0.25, 0.3) is 0 Å². The van der Waals surface area contributed by atoms with Crippen LogP contribution in [0.4, 0.5) is 0 Å². The Bertz CT molecular complexity index is 220. The van der Waals surface area contributed by atoms with Gasteiger partial charge >= 0.3 is 5.97 Å². The van der Waals surface area contributed by atoms with Crippen molar-refractivity contribution >= 4 is 5.97 Å². The molecule has 0 saturated carbocycles. The number of aliphatic hydroxyl groups is 1. The van der Waals surface area contributed by atoms with Gasteiger partial charge in [0.1, 0.15) is 11.7 Å². The first-order chi connectivity index (χ1) is 6.93. The van der Waals surface area contributed by atoms with Gasteiger partial charge in [-0.1, -0.05) is 0 Å². The SMILES string of the molecule is CC(O)C(=O)OC(C)(C)C1CCNCC1. The minimum Gasteiger partial charge on any atom is -0.457 e. The van der Waals surface area contributed by atoms with E-state index in [9.17, 15) is 4.79 Å².